The van der Waals surface area contributed by atoms with E-state index < -0.39 is 5.91 Å². The number of nitriles is 1. The Hall–Kier alpha value is -2.62. The summed E-state index contributed by atoms with van der Waals surface area (Å²) in [4.78, 5) is 28.3. The molecule has 0 unspecified atom stereocenters. The summed E-state index contributed by atoms with van der Waals surface area (Å²) in [5, 5.41) is 14.2. The van der Waals surface area contributed by atoms with Gasteiger partial charge < -0.3 is 5.32 Å². The Bertz CT molecular complexity index is 735. The fourth-order valence-electron chi connectivity index (χ4n) is 1.88. The number of aromatic amines is 1. The third-order valence-electron chi connectivity index (χ3n) is 2.78. The highest BCUT2D eigenvalue weighted by atomic mass is 16.2. The van der Waals surface area contributed by atoms with Crippen molar-refractivity contribution in [3.63, 3.8) is 0 Å². The largest absolute Gasteiger partial charge is 0.351 e. The van der Waals surface area contributed by atoms with Gasteiger partial charge in [-0.1, -0.05) is 6.92 Å². The minimum absolute atomic E-state index is 0.0884. The van der Waals surface area contributed by atoms with Crippen molar-refractivity contribution in [2.75, 3.05) is 6.54 Å². The first-order valence-corrected chi connectivity index (χ1v) is 5.95. The zero-order valence-corrected chi connectivity index (χ0v) is 10.6. The van der Waals surface area contributed by atoms with Crippen LogP contribution < -0.4 is 10.9 Å². The van der Waals surface area contributed by atoms with Gasteiger partial charge in [0.2, 0.25) is 0 Å². The molecule has 0 saturated heterocycles. The summed E-state index contributed by atoms with van der Waals surface area (Å²) in [6, 6.07) is 1.93. The van der Waals surface area contributed by atoms with Gasteiger partial charge in [0.15, 0.2) is 5.65 Å². The van der Waals surface area contributed by atoms with Crippen molar-refractivity contribution in [2.24, 2.45) is 0 Å². The minimum atomic E-state index is -0.399. The quantitative estimate of drug-likeness (QED) is 0.822. The van der Waals surface area contributed by atoms with Gasteiger partial charge in [-0.25, -0.2) is 9.50 Å². The van der Waals surface area contributed by atoms with Gasteiger partial charge in [0, 0.05) is 12.7 Å². The second kappa shape index (κ2) is 4.94. The second-order valence-electron chi connectivity index (χ2n) is 3.92. The minimum Gasteiger partial charge on any atom is -0.351 e. The van der Waals surface area contributed by atoms with Gasteiger partial charge in [-0.15, -0.1) is 0 Å². The van der Waals surface area contributed by atoms with E-state index >= 15 is 0 Å². The van der Waals surface area contributed by atoms with Crippen molar-refractivity contribution >= 4 is 11.6 Å². The van der Waals surface area contributed by atoms with Crippen LogP contribution in [0.5, 0.6) is 0 Å². The maximum absolute atomic E-state index is 12.2. The van der Waals surface area contributed by atoms with Crippen molar-refractivity contribution in [1.29, 1.82) is 5.26 Å². The molecule has 7 nitrogen and oxygen atoms in total. The Morgan fingerprint density at radius 1 is 1.58 bits per heavy atom. The van der Waals surface area contributed by atoms with Crippen LogP contribution in [0, 0.1) is 11.3 Å². The molecule has 19 heavy (non-hydrogen) atoms. The number of nitrogens with one attached hydrogen (secondary N) is 2. The molecule has 2 heterocycles. The van der Waals surface area contributed by atoms with E-state index in [-0.39, 0.29) is 22.5 Å². The van der Waals surface area contributed by atoms with Gasteiger partial charge in [0.05, 0.1) is 5.56 Å². The molecule has 0 aliphatic heterocycles. The van der Waals surface area contributed by atoms with E-state index in [1.54, 1.807) is 13.8 Å². The summed E-state index contributed by atoms with van der Waals surface area (Å²) in [6.07, 6.45) is 1.78. The molecule has 0 radical (unpaired) electrons. The predicted molar refractivity (Wildman–Crippen MR) is 67.9 cm³/mol. The number of hydrogen-bond donors (Lipinski definition) is 2. The Balaban J connectivity index is 2.79. The van der Waals surface area contributed by atoms with E-state index in [1.807, 2.05) is 6.07 Å². The first-order chi connectivity index (χ1) is 9.13. The van der Waals surface area contributed by atoms with Gasteiger partial charge in [-0.2, -0.15) is 5.26 Å². The molecule has 2 aromatic rings. The molecule has 0 aliphatic rings. The summed E-state index contributed by atoms with van der Waals surface area (Å²) in [7, 11) is 0. The second-order valence-corrected chi connectivity index (χ2v) is 3.92. The summed E-state index contributed by atoms with van der Waals surface area (Å²) >= 11 is 0. The monoisotopic (exact) mass is 259 g/mol. The number of carbonyl (C=O) groups excluding carboxylic acids is 1. The fraction of sp³-hybridized carbons (Fsp3) is 0.333. The average molecular weight is 259 g/mol. The van der Waals surface area contributed by atoms with Crippen molar-refractivity contribution in [1.82, 2.24) is 19.9 Å². The van der Waals surface area contributed by atoms with Gasteiger partial charge >= 0.3 is 0 Å². The zero-order chi connectivity index (χ0) is 14.0. The number of fused-ring (bicyclic) bond motifs is 1. The van der Waals surface area contributed by atoms with E-state index in [2.05, 4.69) is 15.4 Å². The Morgan fingerprint density at radius 2 is 2.32 bits per heavy atom. The van der Waals surface area contributed by atoms with Crippen molar-refractivity contribution in [3.05, 3.63) is 33.4 Å². The summed E-state index contributed by atoms with van der Waals surface area (Å²) in [5.74, 6) is -0.399. The molecule has 7 heteroatoms. The molecular weight excluding hydrogens is 246 g/mol. The first-order valence-electron chi connectivity index (χ1n) is 5.95. The van der Waals surface area contributed by atoms with Crippen LogP contribution in [0.3, 0.4) is 0 Å². The van der Waals surface area contributed by atoms with Gasteiger partial charge in [0.25, 0.3) is 11.5 Å². The SMILES string of the molecule is CCNC(=O)c1nc2c(C#N)c[nH]n2c(=O)c1CC. The molecular formula is C12H13N5O2. The Labute approximate surface area is 108 Å². The highest BCUT2D eigenvalue weighted by Crippen LogP contribution is 2.09. The normalized spacial score (nSPS) is 10.4. The van der Waals surface area contributed by atoms with Crippen LogP contribution in [-0.4, -0.2) is 27.0 Å². The molecule has 0 spiro atoms. The summed E-state index contributed by atoms with van der Waals surface area (Å²) in [6.45, 7) is 4.01. The number of amides is 1. The van der Waals surface area contributed by atoms with E-state index in [9.17, 15) is 9.59 Å². The van der Waals surface area contributed by atoms with E-state index in [0.29, 0.717) is 18.5 Å². The summed E-state index contributed by atoms with van der Waals surface area (Å²) in [5.41, 5.74) is 0.465. The molecule has 0 saturated carbocycles. The standard InChI is InChI=1S/C12H13N5O2/c1-3-8-9(11(18)14-4-2)16-10-7(5-13)6-15-17(10)12(8)19/h6,15H,3-4H2,1-2H3,(H,14,18). The lowest BCUT2D eigenvalue weighted by molar-refractivity contribution is 0.0949. The maximum Gasteiger partial charge on any atom is 0.276 e. The highest BCUT2D eigenvalue weighted by Gasteiger charge is 2.19. The van der Waals surface area contributed by atoms with E-state index in [1.165, 1.54) is 10.7 Å². The molecule has 0 aliphatic carbocycles. The van der Waals surface area contributed by atoms with Crippen molar-refractivity contribution < 1.29 is 4.79 Å². The smallest absolute Gasteiger partial charge is 0.276 e. The maximum atomic E-state index is 12.2. The van der Waals surface area contributed by atoms with Crippen LogP contribution in [0.15, 0.2) is 11.0 Å². The lowest BCUT2D eigenvalue weighted by Crippen LogP contribution is -2.30. The van der Waals surface area contributed by atoms with Crippen LogP contribution in [0.4, 0.5) is 0 Å². The Kier molecular flexibility index (Phi) is 3.33. The fourth-order valence-corrected chi connectivity index (χ4v) is 1.88. The van der Waals surface area contributed by atoms with Crippen LogP contribution >= 0.6 is 0 Å². The molecule has 98 valence electrons. The molecule has 2 N–H and O–H groups in total. The molecule has 0 bridgehead atoms. The van der Waals surface area contributed by atoms with Gasteiger partial charge in [0.1, 0.15) is 17.3 Å². The number of carbonyl (C=O) groups is 1. The number of H-pyrrole nitrogens is 1. The Morgan fingerprint density at radius 3 is 2.89 bits per heavy atom. The van der Waals surface area contributed by atoms with Crippen LogP contribution in [0.2, 0.25) is 0 Å². The van der Waals surface area contributed by atoms with Gasteiger partial charge in [-0.05, 0) is 13.3 Å². The van der Waals surface area contributed by atoms with Crippen molar-refractivity contribution in [3.8, 4) is 6.07 Å². The first kappa shape index (κ1) is 12.8. The third kappa shape index (κ3) is 1.97. The topological polar surface area (TPSA) is 103 Å². The van der Waals surface area contributed by atoms with E-state index in [4.69, 9.17) is 5.26 Å². The lowest BCUT2D eigenvalue weighted by Gasteiger charge is -2.06. The molecule has 2 aromatic heterocycles. The summed E-state index contributed by atoms with van der Waals surface area (Å²) < 4.78 is 1.18. The predicted octanol–water partition coefficient (Wildman–Crippen LogP) is 0.206. The molecule has 0 fully saturated rings. The number of aromatic nitrogens is 3. The molecule has 2 rings (SSSR count). The van der Waals surface area contributed by atoms with Crippen molar-refractivity contribution in [2.45, 2.75) is 20.3 Å². The average Bonchev–Trinajstić information content (AvgIpc) is 2.82. The zero-order valence-electron chi connectivity index (χ0n) is 10.6. The van der Waals surface area contributed by atoms with Crippen LogP contribution in [0.25, 0.3) is 5.65 Å². The molecule has 1 amide bonds. The third-order valence-corrected chi connectivity index (χ3v) is 2.78. The molecule has 0 atom stereocenters. The number of rotatable bonds is 3. The highest BCUT2D eigenvalue weighted by molar-refractivity contribution is 5.94. The number of hydrogen-bond acceptors (Lipinski definition) is 4. The molecule has 0 aromatic carbocycles. The lowest BCUT2D eigenvalue weighted by atomic mass is 10.1. The number of nitrogens with zero attached hydrogens (tertiary/aromatic N) is 3. The van der Waals surface area contributed by atoms with E-state index in [0.717, 1.165) is 0 Å². The van der Waals surface area contributed by atoms with Gasteiger partial charge in [-0.3, -0.25) is 14.7 Å². The van der Waals surface area contributed by atoms with Crippen LogP contribution in [0.1, 0.15) is 35.5 Å². The van der Waals surface area contributed by atoms with Crippen LogP contribution in [-0.2, 0) is 6.42 Å².